The Morgan fingerprint density at radius 2 is 1.53 bits per heavy atom. The van der Waals surface area contributed by atoms with E-state index in [-0.39, 0.29) is 5.97 Å². The predicted octanol–water partition coefficient (Wildman–Crippen LogP) is 3.94. The number of allylic oxidation sites excluding steroid dienone is 4. The standard InChI is InChI=1S/C15H22O2/c1-12-6-4-8-13(2)10-15(16)17-11-14(3)9-5-7-12/h6,9-10H,4-5,7-8,11H2,1-3H3/b12-6+,13-10+,14-9+. The summed E-state index contributed by atoms with van der Waals surface area (Å²) in [6.45, 7) is 6.56. The highest BCUT2D eigenvalue weighted by Gasteiger charge is 2.01. The summed E-state index contributed by atoms with van der Waals surface area (Å²) in [5, 5.41) is 0. The third-order valence-electron chi connectivity index (χ3n) is 2.87. The molecule has 0 unspecified atom stereocenters. The molecule has 17 heavy (non-hydrogen) atoms. The second kappa shape index (κ2) is 7.10. The average molecular weight is 234 g/mol. The van der Waals surface area contributed by atoms with Gasteiger partial charge in [-0.2, -0.15) is 0 Å². The normalized spacial score (nSPS) is 29.1. The zero-order valence-electron chi connectivity index (χ0n) is 11.1. The van der Waals surface area contributed by atoms with Crippen LogP contribution in [-0.4, -0.2) is 12.6 Å². The van der Waals surface area contributed by atoms with Crippen LogP contribution in [0.25, 0.3) is 0 Å². The Hall–Kier alpha value is -1.31. The molecule has 1 aliphatic rings. The van der Waals surface area contributed by atoms with Crippen LogP contribution in [0.4, 0.5) is 0 Å². The van der Waals surface area contributed by atoms with E-state index in [2.05, 4.69) is 19.1 Å². The molecule has 0 atom stereocenters. The summed E-state index contributed by atoms with van der Waals surface area (Å²) in [5.74, 6) is -0.227. The molecule has 0 radical (unpaired) electrons. The molecule has 2 heteroatoms. The Kier molecular flexibility index (Phi) is 5.75. The summed E-state index contributed by atoms with van der Waals surface area (Å²) in [4.78, 5) is 11.5. The van der Waals surface area contributed by atoms with Crippen molar-refractivity contribution in [1.82, 2.24) is 0 Å². The van der Waals surface area contributed by atoms with E-state index in [4.69, 9.17) is 4.74 Å². The number of hydrogen-bond donors (Lipinski definition) is 0. The second-order valence-corrected chi connectivity index (χ2v) is 4.78. The van der Waals surface area contributed by atoms with E-state index in [9.17, 15) is 4.79 Å². The van der Waals surface area contributed by atoms with Crippen molar-refractivity contribution in [3.8, 4) is 0 Å². The van der Waals surface area contributed by atoms with Gasteiger partial charge < -0.3 is 4.74 Å². The summed E-state index contributed by atoms with van der Waals surface area (Å²) in [6.07, 6.45) is 10.1. The Morgan fingerprint density at radius 1 is 0.941 bits per heavy atom. The van der Waals surface area contributed by atoms with Gasteiger partial charge >= 0.3 is 5.97 Å². The van der Waals surface area contributed by atoms with Gasteiger partial charge in [0.25, 0.3) is 0 Å². The van der Waals surface area contributed by atoms with E-state index in [1.54, 1.807) is 6.08 Å². The minimum atomic E-state index is -0.227. The van der Waals surface area contributed by atoms with Crippen LogP contribution in [0.2, 0.25) is 0 Å². The number of esters is 1. The first-order valence-corrected chi connectivity index (χ1v) is 6.23. The highest BCUT2D eigenvalue weighted by molar-refractivity contribution is 5.82. The van der Waals surface area contributed by atoms with Crippen LogP contribution in [0.1, 0.15) is 46.5 Å². The van der Waals surface area contributed by atoms with E-state index < -0.39 is 0 Å². The number of rotatable bonds is 0. The van der Waals surface area contributed by atoms with E-state index in [1.165, 1.54) is 5.57 Å². The molecule has 0 fully saturated rings. The number of cyclic esters (lactones) is 1. The molecular weight excluding hydrogens is 212 g/mol. The monoisotopic (exact) mass is 234 g/mol. The maximum absolute atomic E-state index is 11.5. The van der Waals surface area contributed by atoms with Crippen LogP contribution in [0.5, 0.6) is 0 Å². The van der Waals surface area contributed by atoms with Gasteiger partial charge in [0.05, 0.1) is 0 Å². The fourth-order valence-corrected chi connectivity index (χ4v) is 1.75. The molecule has 94 valence electrons. The first kappa shape index (κ1) is 13.8. The van der Waals surface area contributed by atoms with Gasteiger partial charge in [-0.1, -0.05) is 23.3 Å². The van der Waals surface area contributed by atoms with Crippen molar-refractivity contribution in [2.24, 2.45) is 0 Å². The van der Waals surface area contributed by atoms with Crippen LogP contribution in [0, 0.1) is 0 Å². The maximum atomic E-state index is 11.5. The fourth-order valence-electron chi connectivity index (χ4n) is 1.75. The van der Waals surface area contributed by atoms with E-state index in [0.29, 0.717) is 6.61 Å². The van der Waals surface area contributed by atoms with Crippen molar-refractivity contribution in [2.45, 2.75) is 46.5 Å². The van der Waals surface area contributed by atoms with Gasteiger partial charge in [-0.05, 0) is 52.0 Å². The molecule has 0 bridgehead atoms. The molecule has 1 rings (SSSR count). The molecule has 0 aliphatic carbocycles. The second-order valence-electron chi connectivity index (χ2n) is 4.78. The van der Waals surface area contributed by atoms with Crippen molar-refractivity contribution >= 4 is 5.97 Å². The van der Waals surface area contributed by atoms with Crippen LogP contribution in [0.15, 0.2) is 34.9 Å². The molecule has 0 aromatic carbocycles. The largest absolute Gasteiger partial charge is 0.458 e. The quantitative estimate of drug-likeness (QED) is 0.468. The molecule has 0 saturated carbocycles. The third kappa shape index (κ3) is 6.10. The summed E-state index contributed by atoms with van der Waals surface area (Å²) in [7, 11) is 0. The van der Waals surface area contributed by atoms with Crippen molar-refractivity contribution in [2.75, 3.05) is 6.61 Å². The summed E-state index contributed by atoms with van der Waals surface area (Å²) < 4.78 is 5.16. The van der Waals surface area contributed by atoms with E-state index >= 15 is 0 Å². The highest BCUT2D eigenvalue weighted by Crippen LogP contribution is 2.12. The molecule has 0 saturated heterocycles. The van der Waals surface area contributed by atoms with Crippen molar-refractivity contribution in [3.63, 3.8) is 0 Å². The van der Waals surface area contributed by atoms with Gasteiger partial charge in [0.2, 0.25) is 0 Å². The van der Waals surface area contributed by atoms with Crippen molar-refractivity contribution < 1.29 is 9.53 Å². The zero-order valence-corrected chi connectivity index (χ0v) is 11.1. The van der Waals surface area contributed by atoms with Crippen LogP contribution in [-0.2, 0) is 9.53 Å². The Labute approximate surface area is 104 Å². The molecule has 0 aromatic rings. The lowest BCUT2D eigenvalue weighted by molar-refractivity contribution is -0.136. The van der Waals surface area contributed by atoms with E-state index in [1.807, 2.05) is 13.8 Å². The first-order chi connectivity index (χ1) is 8.08. The molecule has 1 aliphatic heterocycles. The highest BCUT2D eigenvalue weighted by atomic mass is 16.5. The minimum Gasteiger partial charge on any atom is -0.458 e. The number of carbonyl (C=O) groups excluding carboxylic acids is 1. The Balaban J connectivity index is 2.72. The lowest BCUT2D eigenvalue weighted by Gasteiger charge is -2.03. The topological polar surface area (TPSA) is 26.3 Å². The van der Waals surface area contributed by atoms with Gasteiger partial charge in [0.15, 0.2) is 0 Å². The predicted molar refractivity (Wildman–Crippen MR) is 70.7 cm³/mol. The molecular formula is C15H22O2. The Morgan fingerprint density at radius 3 is 2.24 bits per heavy atom. The average Bonchev–Trinajstić information content (AvgIpc) is 2.26. The number of carbonyl (C=O) groups is 1. The molecule has 0 spiro atoms. The molecule has 0 aromatic heterocycles. The molecule has 1 heterocycles. The van der Waals surface area contributed by atoms with Gasteiger partial charge in [0.1, 0.15) is 6.61 Å². The lowest BCUT2D eigenvalue weighted by Crippen LogP contribution is -2.04. The molecule has 0 N–H and O–H groups in total. The van der Waals surface area contributed by atoms with Gasteiger partial charge in [-0.3, -0.25) is 0 Å². The fraction of sp³-hybridized carbons (Fsp3) is 0.533. The van der Waals surface area contributed by atoms with Crippen LogP contribution < -0.4 is 0 Å². The summed E-state index contributed by atoms with van der Waals surface area (Å²) in [6, 6.07) is 0. The van der Waals surface area contributed by atoms with Gasteiger partial charge in [0, 0.05) is 6.08 Å². The summed E-state index contributed by atoms with van der Waals surface area (Å²) in [5.41, 5.74) is 3.63. The van der Waals surface area contributed by atoms with Crippen molar-refractivity contribution in [1.29, 1.82) is 0 Å². The molecule has 2 nitrogen and oxygen atoms in total. The minimum absolute atomic E-state index is 0.227. The Bertz CT molecular complexity index is 359. The zero-order chi connectivity index (χ0) is 12.7. The lowest BCUT2D eigenvalue weighted by atomic mass is 10.1. The van der Waals surface area contributed by atoms with Crippen LogP contribution in [0.3, 0.4) is 0 Å². The third-order valence-corrected chi connectivity index (χ3v) is 2.87. The smallest absolute Gasteiger partial charge is 0.331 e. The first-order valence-electron chi connectivity index (χ1n) is 6.23. The van der Waals surface area contributed by atoms with Crippen LogP contribution >= 0.6 is 0 Å². The number of ether oxygens (including phenoxy) is 1. The van der Waals surface area contributed by atoms with E-state index in [0.717, 1.165) is 36.8 Å². The number of hydrogen-bond acceptors (Lipinski definition) is 2. The molecule has 0 amide bonds. The SMILES string of the molecule is C/C1=C\CC/C(C)=C/C(=O)OC/C(C)=C/CC1. The maximum Gasteiger partial charge on any atom is 0.331 e. The van der Waals surface area contributed by atoms with Gasteiger partial charge in [-0.15, -0.1) is 0 Å². The van der Waals surface area contributed by atoms with Gasteiger partial charge in [-0.25, -0.2) is 4.79 Å². The summed E-state index contributed by atoms with van der Waals surface area (Å²) >= 11 is 0. The van der Waals surface area contributed by atoms with Crippen molar-refractivity contribution in [3.05, 3.63) is 34.9 Å².